The summed E-state index contributed by atoms with van der Waals surface area (Å²) in [5, 5.41) is 9.00. The molecule has 3 nitrogen and oxygen atoms in total. The van der Waals surface area contributed by atoms with E-state index in [1.165, 1.54) is 6.08 Å². The Labute approximate surface area is 95.4 Å². The van der Waals surface area contributed by atoms with E-state index in [1.807, 2.05) is 51.1 Å². The van der Waals surface area contributed by atoms with Crippen molar-refractivity contribution in [3.63, 3.8) is 0 Å². The van der Waals surface area contributed by atoms with Gasteiger partial charge in [0.2, 0.25) is 5.76 Å². The zero-order chi connectivity index (χ0) is 12.2. The Hall–Kier alpha value is -1.77. The first-order valence-electron chi connectivity index (χ1n) is 5.07. The third-order valence-electron chi connectivity index (χ3n) is 1.72. The zero-order valence-corrected chi connectivity index (χ0v) is 9.73. The van der Waals surface area contributed by atoms with E-state index in [4.69, 9.17) is 9.84 Å². The average Bonchev–Trinajstić information content (AvgIpc) is 2.16. The van der Waals surface area contributed by atoms with Gasteiger partial charge in [-0.3, -0.25) is 0 Å². The predicted molar refractivity (Wildman–Crippen MR) is 62.9 cm³/mol. The van der Waals surface area contributed by atoms with Crippen LogP contribution in [0.4, 0.5) is 0 Å². The molecule has 0 aliphatic rings. The lowest BCUT2D eigenvalue weighted by molar-refractivity contribution is -0.138. The van der Waals surface area contributed by atoms with E-state index in [1.54, 1.807) is 0 Å². The van der Waals surface area contributed by atoms with E-state index in [9.17, 15) is 4.79 Å². The summed E-state index contributed by atoms with van der Waals surface area (Å²) in [6.07, 6.45) is 1.52. The van der Waals surface area contributed by atoms with Gasteiger partial charge in [0, 0.05) is 0 Å². The summed E-state index contributed by atoms with van der Waals surface area (Å²) in [5.41, 5.74) is 0.295. The van der Waals surface area contributed by atoms with Crippen molar-refractivity contribution in [1.82, 2.24) is 0 Å². The summed E-state index contributed by atoms with van der Waals surface area (Å²) in [7, 11) is 0. The van der Waals surface area contributed by atoms with Crippen LogP contribution in [0, 0.1) is 0 Å². The van der Waals surface area contributed by atoms with E-state index in [2.05, 4.69) is 0 Å². The van der Waals surface area contributed by atoms with Crippen molar-refractivity contribution in [2.45, 2.75) is 26.4 Å². The minimum Gasteiger partial charge on any atom is -0.481 e. The van der Waals surface area contributed by atoms with Gasteiger partial charge in [-0.15, -0.1) is 0 Å². The van der Waals surface area contributed by atoms with Crippen molar-refractivity contribution < 1.29 is 14.6 Å². The van der Waals surface area contributed by atoms with Crippen LogP contribution in [0.15, 0.2) is 36.1 Å². The van der Waals surface area contributed by atoms with E-state index in [0.717, 1.165) is 5.56 Å². The maximum Gasteiger partial charge on any atom is 0.371 e. The highest BCUT2D eigenvalue weighted by atomic mass is 16.5. The van der Waals surface area contributed by atoms with Gasteiger partial charge >= 0.3 is 5.97 Å². The van der Waals surface area contributed by atoms with Gasteiger partial charge in [-0.2, -0.15) is 0 Å². The Morgan fingerprint density at radius 1 is 1.25 bits per heavy atom. The summed E-state index contributed by atoms with van der Waals surface area (Å²) in [6.45, 7) is 5.44. The van der Waals surface area contributed by atoms with Gasteiger partial charge in [-0.1, -0.05) is 30.3 Å². The molecule has 0 saturated carbocycles. The number of hydrogen-bond donors (Lipinski definition) is 1. The predicted octanol–water partition coefficient (Wildman–Crippen LogP) is 2.93. The lowest BCUT2D eigenvalue weighted by Crippen LogP contribution is -2.21. The van der Waals surface area contributed by atoms with Crippen molar-refractivity contribution in [1.29, 1.82) is 0 Å². The van der Waals surface area contributed by atoms with Crippen LogP contribution in [0.3, 0.4) is 0 Å². The van der Waals surface area contributed by atoms with Crippen molar-refractivity contribution in [3.8, 4) is 0 Å². The molecule has 86 valence electrons. The molecule has 16 heavy (non-hydrogen) atoms. The molecule has 0 unspecified atom stereocenters. The Morgan fingerprint density at radius 3 is 2.25 bits per heavy atom. The molecule has 1 N–H and O–H groups in total. The smallest absolute Gasteiger partial charge is 0.371 e. The number of carboxylic acids is 1. The van der Waals surface area contributed by atoms with Crippen LogP contribution in [0.25, 0.3) is 6.08 Å². The lowest BCUT2D eigenvalue weighted by atomic mass is 10.1. The molecule has 3 heteroatoms. The molecule has 0 amide bonds. The number of carboxylic acid groups (broad SMARTS) is 1. The molecule has 1 aromatic rings. The number of aliphatic carboxylic acids is 1. The molecule has 0 spiro atoms. The van der Waals surface area contributed by atoms with Gasteiger partial charge < -0.3 is 9.84 Å². The number of hydrogen-bond acceptors (Lipinski definition) is 2. The minimum absolute atomic E-state index is 0.0429. The molecule has 0 bridgehead atoms. The minimum atomic E-state index is -1.06. The van der Waals surface area contributed by atoms with Crippen LogP contribution in [0.2, 0.25) is 0 Å². The zero-order valence-electron chi connectivity index (χ0n) is 9.73. The molecule has 0 saturated heterocycles. The molecule has 0 radical (unpaired) electrons. The number of ether oxygens (including phenoxy) is 1. The second-order valence-electron chi connectivity index (χ2n) is 4.44. The third kappa shape index (κ3) is 4.17. The summed E-state index contributed by atoms with van der Waals surface area (Å²) in [5.74, 6) is -1.10. The largest absolute Gasteiger partial charge is 0.481 e. The number of carbonyl (C=O) groups is 1. The standard InChI is InChI=1S/C13H16O3/c1-13(2,3)16-11(12(14)15)9-10-7-5-4-6-8-10/h4-9H,1-3H3,(H,14,15). The summed E-state index contributed by atoms with van der Waals surface area (Å²) in [4.78, 5) is 11.0. The van der Waals surface area contributed by atoms with Crippen LogP contribution in [0.5, 0.6) is 0 Å². The van der Waals surface area contributed by atoms with Gasteiger partial charge in [-0.05, 0) is 32.4 Å². The SMILES string of the molecule is CC(C)(C)OC(=Cc1ccccc1)C(=O)O. The maximum absolute atomic E-state index is 11.0. The first-order chi connectivity index (χ1) is 7.38. The Morgan fingerprint density at radius 2 is 1.81 bits per heavy atom. The monoisotopic (exact) mass is 220 g/mol. The molecular weight excluding hydrogens is 204 g/mol. The lowest BCUT2D eigenvalue weighted by Gasteiger charge is -2.21. The second kappa shape index (κ2) is 4.84. The van der Waals surface area contributed by atoms with E-state index in [-0.39, 0.29) is 5.76 Å². The summed E-state index contributed by atoms with van der Waals surface area (Å²) >= 11 is 0. The first kappa shape index (κ1) is 12.3. The Kier molecular flexibility index (Phi) is 3.72. The Bertz CT molecular complexity index is 385. The van der Waals surface area contributed by atoms with Gasteiger partial charge in [0.25, 0.3) is 0 Å². The van der Waals surface area contributed by atoms with Crippen molar-refractivity contribution in [2.24, 2.45) is 0 Å². The highest BCUT2D eigenvalue weighted by Crippen LogP contribution is 2.16. The van der Waals surface area contributed by atoms with Crippen molar-refractivity contribution in [3.05, 3.63) is 41.7 Å². The molecule has 0 aliphatic carbocycles. The van der Waals surface area contributed by atoms with Crippen molar-refractivity contribution in [2.75, 3.05) is 0 Å². The quantitative estimate of drug-likeness (QED) is 0.629. The molecule has 1 aromatic carbocycles. The number of rotatable bonds is 3. The van der Waals surface area contributed by atoms with Crippen molar-refractivity contribution >= 4 is 12.0 Å². The fourth-order valence-corrected chi connectivity index (χ4v) is 1.17. The van der Waals surface area contributed by atoms with Crippen LogP contribution in [-0.2, 0) is 9.53 Å². The van der Waals surface area contributed by atoms with E-state index in [0.29, 0.717) is 0 Å². The van der Waals surface area contributed by atoms with E-state index < -0.39 is 11.6 Å². The van der Waals surface area contributed by atoms with Gasteiger partial charge in [0.1, 0.15) is 5.60 Å². The molecular formula is C13H16O3. The highest BCUT2D eigenvalue weighted by Gasteiger charge is 2.18. The summed E-state index contributed by atoms with van der Waals surface area (Å²) < 4.78 is 5.36. The fraction of sp³-hybridized carbons (Fsp3) is 0.308. The topological polar surface area (TPSA) is 46.5 Å². The first-order valence-corrected chi connectivity index (χ1v) is 5.07. The third-order valence-corrected chi connectivity index (χ3v) is 1.72. The normalized spacial score (nSPS) is 12.3. The van der Waals surface area contributed by atoms with Crippen LogP contribution >= 0.6 is 0 Å². The maximum atomic E-state index is 11.0. The fourth-order valence-electron chi connectivity index (χ4n) is 1.17. The molecule has 1 rings (SSSR count). The highest BCUT2D eigenvalue weighted by molar-refractivity contribution is 5.89. The molecule has 0 aromatic heterocycles. The van der Waals surface area contributed by atoms with Gasteiger partial charge in [-0.25, -0.2) is 4.79 Å². The Balaban J connectivity index is 2.95. The van der Waals surface area contributed by atoms with Crippen LogP contribution in [-0.4, -0.2) is 16.7 Å². The number of benzene rings is 1. The second-order valence-corrected chi connectivity index (χ2v) is 4.44. The molecule has 0 aliphatic heterocycles. The average molecular weight is 220 g/mol. The van der Waals surface area contributed by atoms with Crippen LogP contribution < -0.4 is 0 Å². The molecule has 0 heterocycles. The van der Waals surface area contributed by atoms with Gasteiger partial charge in [0.05, 0.1) is 0 Å². The van der Waals surface area contributed by atoms with E-state index >= 15 is 0 Å². The van der Waals surface area contributed by atoms with Gasteiger partial charge in [0.15, 0.2) is 0 Å². The van der Waals surface area contributed by atoms with Crippen LogP contribution in [0.1, 0.15) is 26.3 Å². The molecule has 0 fully saturated rings. The molecule has 0 atom stereocenters. The summed E-state index contributed by atoms with van der Waals surface area (Å²) in [6, 6.07) is 9.23.